The molecule has 1 aromatic carbocycles. The van der Waals surface area contributed by atoms with Gasteiger partial charge in [0.05, 0.1) is 10.2 Å². The number of hydrogen-bond donors (Lipinski definition) is 1. The van der Waals surface area contributed by atoms with E-state index >= 15 is 0 Å². The summed E-state index contributed by atoms with van der Waals surface area (Å²) in [6.07, 6.45) is 1.84. The van der Waals surface area contributed by atoms with Crippen LogP contribution in [0, 0.1) is 6.92 Å². The van der Waals surface area contributed by atoms with Gasteiger partial charge in [0.15, 0.2) is 5.13 Å². The zero-order valence-electron chi connectivity index (χ0n) is 10.2. The second-order valence-corrected chi connectivity index (χ2v) is 5.68. The Morgan fingerprint density at radius 1 is 1.56 bits per heavy atom. The van der Waals surface area contributed by atoms with Gasteiger partial charge in [-0.1, -0.05) is 23.5 Å². The number of aryl methyl sites for hydroxylation is 1. The lowest BCUT2D eigenvalue weighted by molar-refractivity contribution is -0.119. The molecule has 0 radical (unpaired) electrons. The van der Waals surface area contributed by atoms with E-state index in [4.69, 9.17) is 5.73 Å². The van der Waals surface area contributed by atoms with E-state index in [0.717, 1.165) is 30.0 Å². The van der Waals surface area contributed by atoms with E-state index in [1.54, 1.807) is 11.3 Å². The average molecular weight is 261 g/mol. The topological polar surface area (TPSA) is 59.2 Å². The third-order valence-corrected chi connectivity index (χ3v) is 4.49. The van der Waals surface area contributed by atoms with E-state index in [0.29, 0.717) is 0 Å². The zero-order valence-corrected chi connectivity index (χ0v) is 11.0. The van der Waals surface area contributed by atoms with Gasteiger partial charge in [0, 0.05) is 6.54 Å². The van der Waals surface area contributed by atoms with E-state index in [2.05, 4.69) is 24.0 Å². The number of aromatic nitrogens is 1. The Hall–Kier alpha value is -1.62. The van der Waals surface area contributed by atoms with Gasteiger partial charge >= 0.3 is 0 Å². The van der Waals surface area contributed by atoms with Crippen molar-refractivity contribution >= 4 is 32.6 Å². The van der Waals surface area contributed by atoms with Crippen molar-refractivity contribution in [3.8, 4) is 0 Å². The average Bonchev–Trinajstić information content (AvgIpc) is 2.95. The van der Waals surface area contributed by atoms with Crippen LogP contribution < -0.4 is 10.6 Å². The van der Waals surface area contributed by atoms with Gasteiger partial charge in [0.25, 0.3) is 0 Å². The van der Waals surface area contributed by atoms with Gasteiger partial charge in [-0.15, -0.1) is 0 Å². The number of carbonyl (C=O) groups is 1. The number of primary amides is 1. The molecule has 4 nitrogen and oxygen atoms in total. The summed E-state index contributed by atoms with van der Waals surface area (Å²) < 4.78 is 1.17. The highest BCUT2D eigenvalue weighted by molar-refractivity contribution is 7.22. The Balaban J connectivity index is 2.04. The summed E-state index contributed by atoms with van der Waals surface area (Å²) in [4.78, 5) is 18.1. The minimum Gasteiger partial charge on any atom is -0.368 e. The number of nitrogens with two attached hydrogens (primary N) is 1. The first-order valence-electron chi connectivity index (χ1n) is 6.09. The van der Waals surface area contributed by atoms with Gasteiger partial charge in [-0.2, -0.15) is 0 Å². The second-order valence-electron chi connectivity index (χ2n) is 4.67. The number of thiazole rings is 1. The molecule has 2 N–H and O–H groups in total. The van der Waals surface area contributed by atoms with Crippen LogP contribution in [0.3, 0.4) is 0 Å². The summed E-state index contributed by atoms with van der Waals surface area (Å²) in [6, 6.07) is 5.97. The normalized spacial score (nSPS) is 19.6. The third-order valence-electron chi connectivity index (χ3n) is 3.44. The molecule has 1 aliphatic heterocycles. The molecule has 0 bridgehead atoms. The lowest BCUT2D eigenvalue weighted by atomic mass is 10.2. The maximum atomic E-state index is 11.4. The first-order chi connectivity index (χ1) is 8.66. The van der Waals surface area contributed by atoms with Crippen LogP contribution in [0.4, 0.5) is 5.13 Å². The number of nitrogens with zero attached hydrogens (tertiary/aromatic N) is 2. The van der Waals surface area contributed by atoms with Gasteiger partial charge in [0.2, 0.25) is 5.91 Å². The number of anilines is 1. The standard InChI is InChI=1S/C13H15N3OS/c1-8-4-2-6-10-11(8)15-13(18-10)16-7-3-5-9(16)12(14)17/h2,4,6,9H,3,5,7H2,1H3,(H2,14,17). The number of rotatable bonds is 2. The Labute approximate surface area is 109 Å². The molecule has 3 rings (SSSR count). The molecule has 1 saturated heterocycles. The first kappa shape index (κ1) is 11.5. The maximum Gasteiger partial charge on any atom is 0.240 e. The molecule has 1 amide bonds. The molecule has 0 aliphatic carbocycles. The lowest BCUT2D eigenvalue weighted by Gasteiger charge is -2.20. The number of benzene rings is 1. The number of fused-ring (bicyclic) bond motifs is 1. The molecule has 1 aliphatic rings. The van der Waals surface area contributed by atoms with E-state index in [-0.39, 0.29) is 11.9 Å². The van der Waals surface area contributed by atoms with Gasteiger partial charge in [-0.05, 0) is 31.4 Å². The minimum absolute atomic E-state index is 0.189. The summed E-state index contributed by atoms with van der Waals surface area (Å²) in [5.74, 6) is -0.247. The number of para-hydroxylation sites is 1. The second kappa shape index (κ2) is 4.24. The molecule has 1 unspecified atom stereocenters. The van der Waals surface area contributed by atoms with Gasteiger partial charge in [-0.3, -0.25) is 4.79 Å². The minimum atomic E-state index is -0.247. The maximum absolute atomic E-state index is 11.4. The van der Waals surface area contributed by atoms with Crippen LogP contribution in [-0.4, -0.2) is 23.5 Å². The smallest absolute Gasteiger partial charge is 0.240 e. The van der Waals surface area contributed by atoms with Crippen LogP contribution in [0.15, 0.2) is 18.2 Å². The van der Waals surface area contributed by atoms with Crippen LogP contribution >= 0.6 is 11.3 Å². The van der Waals surface area contributed by atoms with Crippen LogP contribution in [0.5, 0.6) is 0 Å². The fourth-order valence-electron chi connectivity index (χ4n) is 2.49. The summed E-state index contributed by atoms with van der Waals surface area (Å²) in [7, 11) is 0. The van der Waals surface area contributed by atoms with Crippen molar-refractivity contribution in [1.82, 2.24) is 4.98 Å². The number of hydrogen-bond acceptors (Lipinski definition) is 4. The highest BCUT2D eigenvalue weighted by Crippen LogP contribution is 2.34. The van der Waals surface area contributed by atoms with Gasteiger partial charge < -0.3 is 10.6 Å². The van der Waals surface area contributed by atoms with E-state index in [1.807, 2.05) is 11.0 Å². The summed E-state index contributed by atoms with van der Waals surface area (Å²) in [6.45, 7) is 2.92. The Morgan fingerprint density at radius 2 is 2.39 bits per heavy atom. The Bertz CT molecular complexity index is 607. The Morgan fingerprint density at radius 3 is 3.11 bits per heavy atom. The van der Waals surface area contributed by atoms with Crippen molar-refractivity contribution in [2.75, 3.05) is 11.4 Å². The van der Waals surface area contributed by atoms with Gasteiger partial charge in [-0.25, -0.2) is 4.98 Å². The molecule has 18 heavy (non-hydrogen) atoms. The van der Waals surface area contributed by atoms with E-state index < -0.39 is 0 Å². The van der Waals surface area contributed by atoms with Crippen LogP contribution in [0.25, 0.3) is 10.2 Å². The van der Waals surface area contributed by atoms with Crippen molar-refractivity contribution in [1.29, 1.82) is 0 Å². The predicted molar refractivity (Wildman–Crippen MR) is 73.9 cm³/mol. The molecule has 1 atom stereocenters. The molecular formula is C13H15N3OS. The van der Waals surface area contributed by atoms with E-state index in [1.165, 1.54) is 10.3 Å². The fourth-order valence-corrected chi connectivity index (χ4v) is 3.61. The van der Waals surface area contributed by atoms with Crippen molar-refractivity contribution in [2.45, 2.75) is 25.8 Å². The van der Waals surface area contributed by atoms with Gasteiger partial charge in [0.1, 0.15) is 6.04 Å². The summed E-state index contributed by atoms with van der Waals surface area (Å²) in [5.41, 5.74) is 7.65. The largest absolute Gasteiger partial charge is 0.368 e. The van der Waals surface area contributed by atoms with Crippen molar-refractivity contribution in [3.05, 3.63) is 23.8 Å². The monoisotopic (exact) mass is 261 g/mol. The number of carbonyl (C=O) groups excluding carboxylic acids is 1. The molecule has 2 heterocycles. The van der Waals surface area contributed by atoms with E-state index in [9.17, 15) is 4.79 Å². The zero-order chi connectivity index (χ0) is 12.7. The molecular weight excluding hydrogens is 246 g/mol. The van der Waals surface area contributed by atoms with Crippen molar-refractivity contribution < 1.29 is 4.79 Å². The third kappa shape index (κ3) is 1.75. The molecule has 94 valence electrons. The summed E-state index contributed by atoms with van der Waals surface area (Å²) >= 11 is 1.64. The highest BCUT2D eigenvalue weighted by Gasteiger charge is 2.31. The predicted octanol–water partition coefficient (Wildman–Crippen LogP) is 2.06. The molecule has 0 saturated carbocycles. The van der Waals surface area contributed by atoms with Crippen molar-refractivity contribution in [2.24, 2.45) is 5.73 Å². The first-order valence-corrected chi connectivity index (χ1v) is 6.90. The summed E-state index contributed by atoms with van der Waals surface area (Å²) in [5, 5.41) is 0.917. The quantitative estimate of drug-likeness (QED) is 0.900. The molecule has 1 aromatic heterocycles. The van der Waals surface area contributed by atoms with Crippen molar-refractivity contribution in [3.63, 3.8) is 0 Å². The SMILES string of the molecule is Cc1cccc2sc(N3CCCC3C(N)=O)nc12. The van der Waals surface area contributed by atoms with Crippen LogP contribution in [-0.2, 0) is 4.79 Å². The highest BCUT2D eigenvalue weighted by atomic mass is 32.1. The van der Waals surface area contributed by atoms with Crippen LogP contribution in [0.1, 0.15) is 18.4 Å². The molecule has 0 spiro atoms. The molecule has 5 heteroatoms. The molecule has 2 aromatic rings. The molecule has 1 fully saturated rings. The number of amides is 1. The lowest BCUT2D eigenvalue weighted by Crippen LogP contribution is -2.40. The van der Waals surface area contributed by atoms with Crippen LogP contribution in [0.2, 0.25) is 0 Å². The Kier molecular flexibility index (Phi) is 2.70. The fraction of sp³-hybridized carbons (Fsp3) is 0.385.